The molecule has 0 spiro atoms. The maximum absolute atomic E-state index is 11.9. The summed E-state index contributed by atoms with van der Waals surface area (Å²) in [6.45, 7) is 0. The number of hydrogen-bond acceptors (Lipinski definition) is 6. The summed E-state index contributed by atoms with van der Waals surface area (Å²) in [6, 6.07) is 12.3. The van der Waals surface area contributed by atoms with E-state index >= 15 is 0 Å². The Bertz CT molecular complexity index is 1060. The topological polar surface area (TPSA) is 87.3 Å². The molecule has 25 heavy (non-hydrogen) atoms. The third-order valence-corrected chi connectivity index (χ3v) is 4.89. The smallest absolute Gasteiger partial charge is 0.344 e. The van der Waals surface area contributed by atoms with Crippen LogP contribution < -0.4 is 0 Å². The van der Waals surface area contributed by atoms with Gasteiger partial charge in [0.15, 0.2) is 0 Å². The van der Waals surface area contributed by atoms with E-state index in [0.717, 1.165) is 22.8 Å². The van der Waals surface area contributed by atoms with Crippen LogP contribution in [-0.2, 0) is 9.53 Å². The number of ether oxygens (including phenoxy) is 1. The number of carbonyl (C=O) groups excluding carboxylic acids is 1. The summed E-state index contributed by atoms with van der Waals surface area (Å²) in [5.41, 5.74) is 1.94. The molecule has 8 heteroatoms. The SMILES string of the molecule is COC(=O)C1=Cc2nn(-c3ccccc3)c3cc([N+](=O)[O-])cc(c23)S1. The lowest BCUT2D eigenvalue weighted by molar-refractivity contribution is -0.384. The van der Waals surface area contributed by atoms with Gasteiger partial charge in [-0.3, -0.25) is 10.1 Å². The van der Waals surface area contributed by atoms with E-state index < -0.39 is 10.9 Å². The number of para-hydroxylation sites is 1. The van der Waals surface area contributed by atoms with E-state index in [1.165, 1.54) is 19.2 Å². The largest absolute Gasteiger partial charge is 0.465 e. The quantitative estimate of drug-likeness (QED) is 0.406. The average Bonchev–Trinajstić information content (AvgIpc) is 3.01. The molecule has 0 aliphatic carbocycles. The molecule has 1 aliphatic heterocycles. The fraction of sp³-hybridized carbons (Fsp3) is 0.0588. The molecule has 0 saturated carbocycles. The highest BCUT2D eigenvalue weighted by atomic mass is 32.2. The third kappa shape index (κ3) is 2.47. The maximum Gasteiger partial charge on any atom is 0.344 e. The second kappa shape index (κ2) is 5.75. The molecule has 0 atom stereocenters. The summed E-state index contributed by atoms with van der Waals surface area (Å²) in [6.07, 6.45) is 1.65. The molecule has 0 amide bonds. The number of rotatable bonds is 3. The Labute approximate surface area is 146 Å². The zero-order valence-corrected chi connectivity index (χ0v) is 13.8. The van der Waals surface area contributed by atoms with Crippen molar-refractivity contribution in [1.29, 1.82) is 0 Å². The van der Waals surface area contributed by atoms with Gasteiger partial charge >= 0.3 is 5.97 Å². The third-order valence-electron chi connectivity index (χ3n) is 3.84. The molecule has 0 unspecified atom stereocenters. The maximum atomic E-state index is 11.9. The van der Waals surface area contributed by atoms with Crippen molar-refractivity contribution >= 4 is 40.4 Å². The van der Waals surface area contributed by atoms with Gasteiger partial charge < -0.3 is 4.74 Å². The van der Waals surface area contributed by atoms with Crippen molar-refractivity contribution in [2.75, 3.05) is 7.11 Å². The number of thioether (sulfide) groups is 1. The van der Waals surface area contributed by atoms with Crippen LogP contribution >= 0.6 is 11.8 Å². The van der Waals surface area contributed by atoms with Gasteiger partial charge in [-0.1, -0.05) is 30.0 Å². The van der Waals surface area contributed by atoms with Gasteiger partial charge in [0, 0.05) is 22.4 Å². The minimum absolute atomic E-state index is 0.0512. The molecule has 2 heterocycles. The highest BCUT2D eigenvalue weighted by molar-refractivity contribution is 8.04. The van der Waals surface area contributed by atoms with Crippen molar-refractivity contribution in [3.63, 3.8) is 0 Å². The zero-order valence-electron chi connectivity index (χ0n) is 13.0. The molecule has 0 N–H and O–H groups in total. The summed E-state index contributed by atoms with van der Waals surface area (Å²) in [5.74, 6) is -0.496. The van der Waals surface area contributed by atoms with Crippen LogP contribution in [-0.4, -0.2) is 27.8 Å². The monoisotopic (exact) mass is 353 g/mol. The van der Waals surface area contributed by atoms with Crippen LogP contribution in [0.5, 0.6) is 0 Å². The van der Waals surface area contributed by atoms with Crippen molar-refractivity contribution < 1.29 is 14.5 Å². The Morgan fingerprint density at radius 2 is 2.04 bits per heavy atom. The lowest BCUT2D eigenvalue weighted by Gasteiger charge is -2.11. The molecule has 7 nitrogen and oxygen atoms in total. The summed E-state index contributed by atoms with van der Waals surface area (Å²) in [5, 5.41) is 16.7. The van der Waals surface area contributed by atoms with E-state index in [4.69, 9.17) is 4.74 Å². The van der Waals surface area contributed by atoms with E-state index in [0.29, 0.717) is 21.0 Å². The van der Waals surface area contributed by atoms with Gasteiger partial charge in [0.2, 0.25) is 0 Å². The van der Waals surface area contributed by atoms with Crippen LogP contribution in [0.4, 0.5) is 5.69 Å². The molecular formula is C17H11N3O4S. The minimum atomic E-state index is -0.496. The van der Waals surface area contributed by atoms with Crippen molar-refractivity contribution in [2.24, 2.45) is 0 Å². The molecule has 124 valence electrons. The van der Waals surface area contributed by atoms with Crippen molar-refractivity contribution in [3.05, 3.63) is 63.2 Å². The number of hydrogen-bond donors (Lipinski definition) is 0. The first kappa shape index (κ1) is 15.4. The van der Waals surface area contributed by atoms with Gasteiger partial charge in [0.25, 0.3) is 5.69 Å². The van der Waals surface area contributed by atoms with Gasteiger partial charge in [-0.2, -0.15) is 5.10 Å². The van der Waals surface area contributed by atoms with E-state index in [9.17, 15) is 14.9 Å². The number of methoxy groups -OCH3 is 1. The fourth-order valence-corrected chi connectivity index (χ4v) is 3.81. The highest BCUT2D eigenvalue weighted by Gasteiger charge is 2.26. The van der Waals surface area contributed by atoms with Crippen LogP contribution in [0, 0.1) is 10.1 Å². The van der Waals surface area contributed by atoms with E-state index in [1.54, 1.807) is 10.8 Å². The number of nitrogens with zero attached hydrogens (tertiary/aromatic N) is 3. The van der Waals surface area contributed by atoms with Gasteiger partial charge in [-0.05, 0) is 18.2 Å². The van der Waals surface area contributed by atoms with Gasteiger partial charge in [-0.25, -0.2) is 9.48 Å². The summed E-state index contributed by atoms with van der Waals surface area (Å²) < 4.78 is 6.42. The molecule has 0 fully saturated rings. The second-order valence-electron chi connectivity index (χ2n) is 5.33. The van der Waals surface area contributed by atoms with Gasteiger partial charge in [0.05, 0.1) is 33.8 Å². The number of nitro benzene ring substituents is 1. The highest BCUT2D eigenvalue weighted by Crippen LogP contribution is 2.43. The van der Waals surface area contributed by atoms with Crippen LogP contribution in [0.1, 0.15) is 5.69 Å². The van der Waals surface area contributed by atoms with Gasteiger partial charge in [-0.15, -0.1) is 0 Å². The van der Waals surface area contributed by atoms with Crippen LogP contribution in [0.2, 0.25) is 0 Å². The van der Waals surface area contributed by atoms with Gasteiger partial charge in [0.1, 0.15) is 0 Å². The number of esters is 1. The van der Waals surface area contributed by atoms with E-state index in [2.05, 4.69) is 5.10 Å². The number of carbonyl (C=O) groups is 1. The summed E-state index contributed by atoms with van der Waals surface area (Å²) in [7, 11) is 1.30. The zero-order chi connectivity index (χ0) is 17.6. The molecule has 2 aromatic carbocycles. The first-order valence-electron chi connectivity index (χ1n) is 7.33. The Morgan fingerprint density at radius 1 is 1.28 bits per heavy atom. The normalized spacial score (nSPS) is 12.8. The second-order valence-corrected chi connectivity index (χ2v) is 6.41. The molecule has 4 rings (SSSR count). The fourth-order valence-electron chi connectivity index (χ4n) is 2.75. The standard InChI is InChI=1S/C17H11N3O4S/c1-24-17(21)15-9-12-16-13(7-11(20(22)23)8-14(16)25-15)19(18-12)10-5-3-2-4-6-10/h2-9H,1H3. The van der Waals surface area contributed by atoms with Crippen LogP contribution in [0.15, 0.2) is 52.3 Å². The van der Waals surface area contributed by atoms with Crippen LogP contribution in [0.3, 0.4) is 0 Å². The lowest BCUT2D eigenvalue weighted by Crippen LogP contribution is -2.04. The average molecular weight is 353 g/mol. The number of aromatic nitrogens is 2. The molecule has 0 radical (unpaired) electrons. The number of non-ortho nitro benzene ring substituents is 1. The summed E-state index contributed by atoms with van der Waals surface area (Å²) >= 11 is 1.15. The first-order valence-corrected chi connectivity index (χ1v) is 8.14. The molecule has 0 bridgehead atoms. The molecule has 1 aromatic heterocycles. The van der Waals surface area contributed by atoms with Crippen molar-refractivity contribution in [3.8, 4) is 5.69 Å². The Kier molecular flexibility index (Phi) is 3.54. The lowest BCUT2D eigenvalue weighted by atomic mass is 10.1. The van der Waals surface area contributed by atoms with E-state index in [-0.39, 0.29) is 5.69 Å². The van der Waals surface area contributed by atoms with Crippen molar-refractivity contribution in [2.45, 2.75) is 4.90 Å². The minimum Gasteiger partial charge on any atom is -0.465 e. The Hall–Kier alpha value is -3.13. The predicted octanol–water partition coefficient (Wildman–Crippen LogP) is 3.55. The van der Waals surface area contributed by atoms with Crippen molar-refractivity contribution in [1.82, 2.24) is 9.78 Å². The molecule has 0 saturated heterocycles. The number of benzene rings is 2. The molecule has 3 aromatic rings. The summed E-state index contributed by atoms with van der Waals surface area (Å²) in [4.78, 5) is 23.7. The first-order chi connectivity index (χ1) is 12.1. The Balaban J connectivity index is 2.03. The molecule has 1 aliphatic rings. The van der Waals surface area contributed by atoms with E-state index in [1.807, 2.05) is 30.3 Å². The Morgan fingerprint density at radius 3 is 2.72 bits per heavy atom. The molecular weight excluding hydrogens is 342 g/mol. The predicted molar refractivity (Wildman–Crippen MR) is 93.6 cm³/mol. The number of nitro groups is 1. The van der Waals surface area contributed by atoms with Crippen LogP contribution in [0.25, 0.3) is 22.7 Å².